The third kappa shape index (κ3) is 3.61. The second-order valence-electron chi connectivity index (χ2n) is 8.56. The Hall–Kier alpha value is -1.76. The summed E-state index contributed by atoms with van der Waals surface area (Å²) in [6.45, 7) is -0.614. The first-order chi connectivity index (χ1) is 13.1. The number of hydrogen-bond donors (Lipinski definition) is 1. The maximum Gasteiger partial charge on any atom is 0.418 e. The normalized spacial score (nSPS) is 33.6. The van der Waals surface area contributed by atoms with Crippen LogP contribution in [0.2, 0.25) is 0 Å². The zero-order chi connectivity index (χ0) is 20.2. The van der Waals surface area contributed by atoms with E-state index < -0.39 is 35.6 Å². The van der Waals surface area contributed by atoms with E-state index in [1.807, 2.05) is 0 Å². The molecule has 1 amide bonds. The summed E-state index contributed by atoms with van der Waals surface area (Å²) in [6.07, 6.45) is 0.298. The summed E-state index contributed by atoms with van der Waals surface area (Å²) in [5.41, 5.74) is -1.96. The zero-order valence-electron chi connectivity index (χ0n) is 15.2. The fraction of sp³-hybridized carbons (Fsp3) is 0.600. The molecule has 4 saturated carbocycles. The van der Waals surface area contributed by atoms with Crippen molar-refractivity contribution in [1.82, 2.24) is 0 Å². The van der Waals surface area contributed by atoms with Crippen LogP contribution in [0.15, 0.2) is 24.3 Å². The van der Waals surface area contributed by atoms with Gasteiger partial charge in [0.2, 0.25) is 0 Å². The van der Waals surface area contributed by atoms with Gasteiger partial charge in [-0.05, 0) is 62.5 Å². The van der Waals surface area contributed by atoms with Crippen molar-refractivity contribution >= 4 is 29.2 Å². The van der Waals surface area contributed by atoms with Crippen LogP contribution in [-0.4, -0.2) is 23.4 Å². The number of halogens is 4. The van der Waals surface area contributed by atoms with Gasteiger partial charge in [0.1, 0.15) is 0 Å². The van der Waals surface area contributed by atoms with E-state index in [0.29, 0.717) is 18.3 Å². The van der Waals surface area contributed by atoms with E-state index in [2.05, 4.69) is 5.32 Å². The van der Waals surface area contributed by atoms with Crippen LogP contribution >= 0.6 is 11.6 Å². The van der Waals surface area contributed by atoms with Crippen molar-refractivity contribution in [3.63, 3.8) is 0 Å². The molecule has 4 nitrogen and oxygen atoms in total. The van der Waals surface area contributed by atoms with Gasteiger partial charge in [0.15, 0.2) is 6.61 Å². The van der Waals surface area contributed by atoms with Crippen molar-refractivity contribution in [1.29, 1.82) is 0 Å². The lowest BCUT2D eigenvalue weighted by molar-refractivity contribution is -0.171. The molecule has 0 aromatic heterocycles. The lowest BCUT2D eigenvalue weighted by Crippen LogP contribution is -2.56. The first-order valence-corrected chi connectivity index (χ1v) is 9.79. The minimum Gasteiger partial charge on any atom is -0.455 e. The largest absolute Gasteiger partial charge is 0.455 e. The molecule has 1 N–H and O–H groups in total. The van der Waals surface area contributed by atoms with Crippen LogP contribution in [-0.2, 0) is 20.5 Å². The molecule has 0 radical (unpaired) electrons. The van der Waals surface area contributed by atoms with Gasteiger partial charge in [0.25, 0.3) is 5.91 Å². The first-order valence-electron chi connectivity index (χ1n) is 9.41. The van der Waals surface area contributed by atoms with Crippen LogP contribution in [0.25, 0.3) is 0 Å². The quantitative estimate of drug-likeness (QED) is 0.569. The van der Waals surface area contributed by atoms with Crippen molar-refractivity contribution in [2.45, 2.75) is 49.6 Å². The first kappa shape index (κ1) is 19.6. The monoisotopic (exact) mass is 415 g/mol. The average Bonchev–Trinajstić information content (AvgIpc) is 2.57. The Morgan fingerprint density at radius 1 is 1.14 bits per heavy atom. The molecule has 2 unspecified atom stereocenters. The van der Waals surface area contributed by atoms with Gasteiger partial charge in [-0.3, -0.25) is 9.59 Å². The average molecular weight is 416 g/mol. The highest BCUT2D eigenvalue weighted by molar-refractivity contribution is 6.24. The Labute approximate surface area is 165 Å². The molecule has 1 aromatic rings. The second kappa shape index (κ2) is 6.65. The SMILES string of the molecule is O=C(COC(=O)C12C[C@@H]3C[C@@H](CC(Cl)(C3)C1)C2)Nc1ccccc1C(F)(F)F. The Balaban J connectivity index is 1.39. The standard InChI is InChI=1S/C20H21ClF3NO3/c21-19-8-12-5-13(9-19)7-18(6-12,11-19)17(27)28-10-16(26)25-15-4-2-1-3-14(15)20(22,23)24/h1-4,12-13H,5-11H2,(H,25,26)/t12-,13+,18?,19?. The van der Waals surface area contributed by atoms with Crippen molar-refractivity contribution in [2.24, 2.45) is 17.3 Å². The van der Waals surface area contributed by atoms with E-state index in [1.165, 1.54) is 18.2 Å². The highest BCUT2D eigenvalue weighted by atomic mass is 35.5. The number of para-hydroxylation sites is 1. The van der Waals surface area contributed by atoms with E-state index in [1.54, 1.807) is 0 Å². The number of ether oxygens (including phenoxy) is 1. The number of amides is 1. The van der Waals surface area contributed by atoms with Gasteiger partial charge in [-0.15, -0.1) is 11.6 Å². The molecule has 0 saturated heterocycles. The van der Waals surface area contributed by atoms with Crippen LogP contribution in [0.5, 0.6) is 0 Å². The molecule has 1 aromatic carbocycles. The van der Waals surface area contributed by atoms with Gasteiger partial charge >= 0.3 is 12.1 Å². The summed E-state index contributed by atoms with van der Waals surface area (Å²) >= 11 is 6.70. The Kier molecular flexibility index (Phi) is 4.64. The molecule has 152 valence electrons. The number of esters is 1. The highest BCUT2D eigenvalue weighted by Gasteiger charge is 2.60. The molecule has 4 fully saturated rings. The predicted molar refractivity (Wildman–Crippen MR) is 96.7 cm³/mol. The Morgan fingerprint density at radius 3 is 2.39 bits per heavy atom. The number of benzene rings is 1. The fourth-order valence-corrected chi connectivity index (χ4v) is 6.39. The van der Waals surface area contributed by atoms with Gasteiger partial charge in [0, 0.05) is 4.87 Å². The van der Waals surface area contributed by atoms with E-state index >= 15 is 0 Å². The maximum atomic E-state index is 13.0. The number of alkyl halides is 4. The minimum atomic E-state index is -4.59. The summed E-state index contributed by atoms with van der Waals surface area (Å²) < 4.78 is 44.3. The number of hydrogen-bond acceptors (Lipinski definition) is 3. The van der Waals surface area contributed by atoms with Crippen molar-refractivity contribution < 1.29 is 27.5 Å². The topological polar surface area (TPSA) is 55.4 Å². The minimum absolute atomic E-state index is 0.356. The number of anilines is 1. The fourth-order valence-electron chi connectivity index (χ4n) is 5.70. The summed E-state index contributed by atoms with van der Waals surface area (Å²) in [7, 11) is 0. The van der Waals surface area contributed by atoms with E-state index in [-0.39, 0.29) is 10.6 Å². The number of nitrogens with one attached hydrogen (secondary N) is 1. The van der Waals surface area contributed by atoms with Crippen LogP contribution < -0.4 is 5.32 Å². The Morgan fingerprint density at radius 2 is 1.79 bits per heavy atom. The van der Waals surface area contributed by atoms with E-state index in [9.17, 15) is 22.8 Å². The van der Waals surface area contributed by atoms with E-state index in [4.69, 9.17) is 16.3 Å². The van der Waals surface area contributed by atoms with Crippen LogP contribution in [0, 0.1) is 17.3 Å². The maximum absolute atomic E-state index is 13.0. The highest BCUT2D eigenvalue weighted by Crippen LogP contribution is 2.64. The van der Waals surface area contributed by atoms with Crippen LogP contribution in [0.4, 0.5) is 18.9 Å². The van der Waals surface area contributed by atoms with Crippen LogP contribution in [0.3, 0.4) is 0 Å². The number of rotatable bonds is 4. The third-order valence-electron chi connectivity index (χ3n) is 6.26. The zero-order valence-corrected chi connectivity index (χ0v) is 15.9. The molecule has 4 aliphatic carbocycles. The Bertz CT molecular complexity index is 796. The molecule has 5 rings (SSSR count). The lowest BCUT2D eigenvalue weighted by Gasteiger charge is -2.58. The van der Waals surface area contributed by atoms with Crippen molar-refractivity contribution in [3.8, 4) is 0 Å². The molecule has 4 aliphatic rings. The van der Waals surface area contributed by atoms with Crippen LogP contribution in [0.1, 0.15) is 44.1 Å². The predicted octanol–water partition coefficient (Wildman–Crippen LogP) is 4.76. The summed E-state index contributed by atoms with van der Waals surface area (Å²) in [5.74, 6) is -0.446. The molecular formula is C20H21ClF3NO3. The lowest BCUT2D eigenvalue weighted by atomic mass is 9.49. The second-order valence-corrected chi connectivity index (χ2v) is 9.36. The number of carbonyl (C=O) groups excluding carboxylic acids is 2. The summed E-state index contributed by atoms with van der Waals surface area (Å²) in [5, 5.41) is 2.19. The smallest absolute Gasteiger partial charge is 0.418 e. The third-order valence-corrected chi connectivity index (χ3v) is 6.71. The molecule has 4 bridgehead atoms. The molecule has 0 spiro atoms. The summed E-state index contributed by atoms with van der Waals surface area (Å²) in [4.78, 5) is 24.5. The van der Waals surface area contributed by atoms with Gasteiger partial charge < -0.3 is 10.1 Å². The van der Waals surface area contributed by atoms with Gasteiger partial charge in [0.05, 0.1) is 16.7 Å². The molecule has 0 aliphatic heterocycles. The molecular weight excluding hydrogens is 395 g/mol. The molecule has 0 heterocycles. The molecule has 28 heavy (non-hydrogen) atoms. The van der Waals surface area contributed by atoms with Gasteiger partial charge in [-0.25, -0.2) is 0 Å². The van der Waals surface area contributed by atoms with Gasteiger partial charge in [-0.1, -0.05) is 12.1 Å². The number of carbonyl (C=O) groups is 2. The molecule has 8 heteroatoms. The summed E-state index contributed by atoms with van der Waals surface area (Å²) in [6, 6.07) is 4.69. The van der Waals surface area contributed by atoms with Gasteiger partial charge in [-0.2, -0.15) is 13.2 Å². The van der Waals surface area contributed by atoms with Crippen molar-refractivity contribution in [2.75, 3.05) is 11.9 Å². The van der Waals surface area contributed by atoms with E-state index in [0.717, 1.165) is 38.2 Å². The van der Waals surface area contributed by atoms with Crippen molar-refractivity contribution in [3.05, 3.63) is 29.8 Å². The molecule has 4 atom stereocenters.